The van der Waals surface area contributed by atoms with Crippen molar-refractivity contribution < 1.29 is 14.7 Å². The van der Waals surface area contributed by atoms with Gasteiger partial charge in [-0.3, -0.25) is 4.79 Å². The molecule has 1 fully saturated rings. The molecule has 1 N–H and O–H groups in total. The standard InChI is InChI=1S/C14H25NO3/c1-4-15(10-16)14(13(17)18)8-5-6-12(7-9-14)11(2)3/h10-12H,4-9H2,1-3H3,(H,17,18). The molecular weight excluding hydrogens is 230 g/mol. The van der Waals surface area contributed by atoms with Crippen molar-refractivity contribution in [2.45, 2.75) is 58.4 Å². The minimum Gasteiger partial charge on any atom is -0.479 e. The van der Waals surface area contributed by atoms with Gasteiger partial charge >= 0.3 is 5.97 Å². The molecule has 0 radical (unpaired) electrons. The van der Waals surface area contributed by atoms with Crippen molar-refractivity contribution in [2.24, 2.45) is 11.8 Å². The van der Waals surface area contributed by atoms with Gasteiger partial charge in [-0.2, -0.15) is 0 Å². The van der Waals surface area contributed by atoms with Crippen molar-refractivity contribution in [1.29, 1.82) is 0 Å². The van der Waals surface area contributed by atoms with E-state index in [9.17, 15) is 14.7 Å². The summed E-state index contributed by atoms with van der Waals surface area (Å²) in [7, 11) is 0. The molecule has 0 aromatic rings. The Morgan fingerprint density at radius 1 is 1.44 bits per heavy atom. The van der Waals surface area contributed by atoms with Crippen LogP contribution in [-0.4, -0.2) is 34.5 Å². The largest absolute Gasteiger partial charge is 0.479 e. The van der Waals surface area contributed by atoms with Crippen molar-refractivity contribution >= 4 is 12.4 Å². The van der Waals surface area contributed by atoms with Gasteiger partial charge in [0.1, 0.15) is 5.54 Å². The molecule has 104 valence electrons. The number of carboxylic acid groups (broad SMARTS) is 1. The smallest absolute Gasteiger partial charge is 0.329 e. The number of aliphatic carboxylic acids is 1. The fourth-order valence-electron chi connectivity index (χ4n) is 3.12. The topological polar surface area (TPSA) is 57.6 Å². The molecule has 0 saturated heterocycles. The number of carbonyl (C=O) groups excluding carboxylic acids is 1. The molecule has 2 unspecified atom stereocenters. The number of hydrogen-bond donors (Lipinski definition) is 1. The summed E-state index contributed by atoms with van der Waals surface area (Å²) >= 11 is 0. The van der Waals surface area contributed by atoms with Gasteiger partial charge in [0.2, 0.25) is 6.41 Å². The predicted molar refractivity (Wildman–Crippen MR) is 70.2 cm³/mol. The van der Waals surface area contributed by atoms with Gasteiger partial charge in [-0.1, -0.05) is 26.7 Å². The maximum atomic E-state index is 11.7. The number of nitrogens with zero attached hydrogens (tertiary/aromatic N) is 1. The summed E-state index contributed by atoms with van der Waals surface area (Å²) in [6, 6.07) is 0. The van der Waals surface area contributed by atoms with E-state index in [2.05, 4.69) is 13.8 Å². The Morgan fingerprint density at radius 3 is 2.56 bits per heavy atom. The summed E-state index contributed by atoms with van der Waals surface area (Å²) in [5.74, 6) is 0.318. The SMILES string of the molecule is CCN(C=O)C1(C(=O)O)CCCC(C(C)C)CC1. The van der Waals surface area contributed by atoms with E-state index in [4.69, 9.17) is 0 Å². The molecule has 4 heteroatoms. The summed E-state index contributed by atoms with van der Waals surface area (Å²) in [6.45, 7) is 6.68. The normalized spacial score (nSPS) is 28.8. The molecule has 0 heterocycles. The molecule has 0 spiro atoms. The number of carboxylic acids is 1. The maximum absolute atomic E-state index is 11.7. The van der Waals surface area contributed by atoms with Crippen LogP contribution in [0.3, 0.4) is 0 Å². The highest BCUT2D eigenvalue weighted by molar-refractivity contribution is 5.81. The molecule has 0 bridgehead atoms. The Kier molecular flexibility index (Phi) is 5.17. The molecule has 18 heavy (non-hydrogen) atoms. The van der Waals surface area contributed by atoms with Crippen LogP contribution in [0.15, 0.2) is 0 Å². The van der Waals surface area contributed by atoms with E-state index in [1.54, 1.807) is 0 Å². The fraction of sp³-hybridized carbons (Fsp3) is 0.857. The third kappa shape index (κ3) is 2.85. The second-order valence-corrected chi connectivity index (χ2v) is 5.66. The zero-order valence-electron chi connectivity index (χ0n) is 11.7. The molecule has 0 aromatic carbocycles. The monoisotopic (exact) mass is 255 g/mol. The van der Waals surface area contributed by atoms with Gasteiger partial charge in [0, 0.05) is 6.54 Å². The van der Waals surface area contributed by atoms with E-state index < -0.39 is 11.5 Å². The van der Waals surface area contributed by atoms with E-state index in [0.717, 1.165) is 19.3 Å². The van der Waals surface area contributed by atoms with Gasteiger partial charge in [0.25, 0.3) is 0 Å². The Hall–Kier alpha value is -1.06. The Morgan fingerprint density at radius 2 is 2.11 bits per heavy atom. The Bertz CT molecular complexity index is 303. The van der Waals surface area contributed by atoms with E-state index in [1.165, 1.54) is 4.90 Å². The van der Waals surface area contributed by atoms with Gasteiger partial charge in [-0.15, -0.1) is 0 Å². The number of carbonyl (C=O) groups is 2. The molecule has 0 aromatic heterocycles. The van der Waals surface area contributed by atoms with E-state index in [1.807, 2.05) is 6.92 Å². The van der Waals surface area contributed by atoms with Gasteiger partial charge in [-0.05, 0) is 38.0 Å². The molecule has 1 saturated carbocycles. The van der Waals surface area contributed by atoms with Crippen LogP contribution in [-0.2, 0) is 9.59 Å². The summed E-state index contributed by atoms with van der Waals surface area (Å²) in [5.41, 5.74) is -0.972. The average molecular weight is 255 g/mol. The lowest BCUT2D eigenvalue weighted by Crippen LogP contribution is -2.53. The minimum atomic E-state index is -0.972. The van der Waals surface area contributed by atoms with Gasteiger partial charge in [0.05, 0.1) is 0 Å². The number of rotatable bonds is 5. The molecule has 1 aliphatic rings. The molecule has 0 aliphatic heterocycles. The highest BCUT2D eigenvalue weighted by Gasteiger charge is 2.44. The first kappa shape index (κ1) is 15.0. The van der Waals surface area contributed by atoms with Crippen LogP contribution in [0, 0.1) is 11.8 Å². The second kappa shape index (κ2) is 6.21. The van der Waals surface area contributed by atoms with Gasteiger partial charge in [0.15, 0.2) is 0 Å². The molecule has 1 aliphatic carbocycles. The highest BCUT2D eigenvalue weighted by Crippen LogP contribution is 2.37. The zero-order valence-corrected chi connectivity index (χ0v) is 11.7. The van der Waals surface area contributed by atoms with Crippen molar-refractivity contribution in [1.82, 2.24) is 4.90 Å². The van der Waals surface area contributed by atoms with Crippen molar-refractivity contribution in [3.63, 3.8) is 0 Å². The first-order chi connectivity index (χ1) is 8.47. The first-order valence-corrected chi connectivity index (χ1v) is 6.93. The molecular formula is C14H25NO3. The van der Waals surface area contributed by atoms with Crippen molar-refractivity contribution in [2.75, 3.05) is 6.54 Å². The third-order valence-corrected chi connectivity index (χ3v) is 4.45. The van der Waals surface area contributed by atoms with Crippen LogP contribution in [0.5, 0.6) is 0 Å². The molecule has 1 amide bonds. The van der Waals surface area contributed by atoms with Crippen LogP contribution in [0.1, 0.15) is 52.9 Å². The number of likely N-dealkylation sites (N-methyl/N-ethyl adjacent to an activating group) is 1. The van der Waals surface area contributed by atoms with E-state index >= 15 is 0 Å². The lowest BCUT2D eigenvalue weighted by molar-refractivity contribution is -0.156. The van der Waals surface area contributed by atoms with Crippen LogP contribution in [0.2, 0.25) is 0 Å². The van der Waals surface area contributed by atoms with E-state index in [-0.39, 0.29) is 0 Å². The van der Waals surface area contributed by atoms with Crippen molar-refractivity contribution in [3.8, 4) is 0 Å². The quantitative estimate of drug-likeness (QED) is 0.606. The van der Waals surface area contributed by atoms with Crippen LogP contribution >= 0.6 is 0 Å². The van der Waals surface area contributed by atoms with Crippen LogP contribution in [0.25, 0.3) is 0 Å². The number of amides is 1. The average Bonchev–Trinajstić information content (AvgIpc) is 2.54. The Labute approximate surface area is 109 Å². The zero-order chi connectivity index (χ0) is 13.8. The highest BCUT2D eigenvalue weighted by atomic mass is 16.4. The van der Waals surface area contributed by atoms with Gasteiger partial charge < -0.3 is 10.0 Å². The van der Waals surface area contributed by atoms with Crippen molar-refractivity contribution in [3.05, 3.63) is 0 Å². The fourth-order valence-corrected chi connectivity index (χ4v) is 3.12. The lowest BCUT2D eigenvalue weighted by atomic mass is 9.85. The first-order valence-electron chi connectivity index (χ1n) is 6.93. The number of hydrogen-bond acceptors (Lipinski definition) is 2. The molecule has 2 atom stereocenters. The van der Waals surface area contributed by atoms with Crippen LogP contribution < -0.4 is 0 Å². The third-order valence-electron chi connectivity index (χ3n) is 4.45. The summed E-state index contributed by atoms with van der Waals surface area (Å²) < 4.78 is 0. The predicted octanol–water partition coefficient (Wildman–Crippen LogP) is 2.52. The van der Waals surface area contributed by atoms with Gasteiger partial charge in [-0.25, -0.2) is 4.79 Å². The summed E-state index contributed by atoms with van der Waals surface area (Å²) in [5, 5.41) is 9.57. The molecule has 4 nitrogen and oxygen atoms in total. The Balaban J connectivity index is 2.92. The summed E-state index contributed by atoms with van der Waals surface area (Å²) in [6.07, 6.45) is 4.72. The maximum Gasteiger partial charge on any atom is 0.329 e. The molecule has 1 rings (SSSR count). The lowest BCUT2D eigenvalue weighted by Gasteiger charge is -2.37. The van der Waals surface area contributed by atoms with E-state index in [0.29, 0.717) is 37.6 Å². The second-order valence-electron chi connectivity index (χ2n) is 5.66. The van der Waals surface area contributed by atoms with Crippen LogP contribution in [0.4, 0.5) is 0 Å². The minimum absolute atomic E-state index is 0.460. The summed E-state index contributed by atoms with van der Waals surface area (Å²) in [4.78, 5) is 24.3.